The molecule has 1 aliphatic rings. The highest BCUT2D eigenvalue weighted by Gasteiger charge is 2.55. The standard InChI is InChI=1S/C83H56O50/c84-35-1-24(2-36(85)58(35)100)73(112)123-51-17-29(11-45(94)63(51)105)72(111)122-23-57-69(130-79(118)31-13-47(96)67(109)55(19-31)128-78(117)30-12-46(95)64(106)52(18-30)124-74(113)25-3-37(86)59(101)38(87)4-25)70(131-80(119)32-14-48(97)65(107)53(20-32)125-75(114)26-5-39(88)60(102)40(89)6-26)71(132-81(120)33-15-49(98)66(108)54(21-33)126-76(115)27-7-41(90)61(103)42(91)8-27)83(129-57)133-82(121)34-16-50(99)68(110)56(22-34)127-77(116)28-9-43(92)62(104)44(93)10-28/h1-22,57,69-71,83-110H,23H2/t57-,69-,70+,71-,83+/m1/s1. The maximum absolute atomic E-state index is 15.4. The minimum atomic E-state index is -3.18. The van der Waals surface area contributed by atoms with Crippen LogP contribution in [-0.4, -0.2) is 241 Å². The van der Waals surface area contributed by atoms with E-state index in [-0.39, 0.29) is 18.2 Å². The lowest BCUT2D eigenvalue weighted by molar-refractivity contribution is -0.282. The summed E-state index contributed by atoms with van der Waals surface area (Å²) in [7, 11) is 0. The number of carbonyl (C=O) groups is 11. The molecule has 50 heteroatoms. The zero-order valence-electron chi connectivity index (χ0n) is 65.3. The van der Waals surface area contributed by atoms with Crippen molar-refractivity contribution in [3.05, 3.63) is 195 Å². The molecule has 0 bridgehead atoms. The summed E-state index contributed by atoms with van der Waals surface area (Å²) < 4.78 is 65.7. The Morgan fingerprint density at radius 3 is 0.556 bits per heavy atom. The van der Waals surface area contributed by atoms with Gasteiger partial charge in [-0.05, 0) is 133 Å². The van der Waals surface area contributed by atoms with Crippen molar-refractivity contribution >= 4 is 65.7 Å². The Morgan fingerprint density at radius 1 is 0.188 bits per heavy atom. The van der Waals surface area contributed by atoms with E-state index in [1.165, 1.54) is 0 Å². The fraction of sp³-hybridized carbons (Fsp3) is 0.0723. The van der Waals surface area contributed by atoms with Gasteiger partial charge in [-0.1, -0.05) is 0 Å². The number of phenolic OH excluding ortho intramolecular Hbond substituents is 27. The van der Waals surface area contributed by atoms with Crippen LogP contribution in [-0.2, 0) is 28.4 Å². The number of esters is 11. The lowest BCUT2D eigenvalue weighted by atomic mass is 9.97. The van der Waals surface area contributed by atoms with Gasteiger partial charge in [0.25, 0.3) is 0 Å². The van der Waals surface area contributed by atoms with Crippen molar-refractivity contribution in [1.82, 2.24) is 0 Å². The highest BCUT2D eigenvalue weighted by molar-refractivity contribution is 6.01. The molecule has 0 spiro atoms. The van der Waals surface area contributed by atoms with E-state index in [0.29, 0.717) is 115 Å². The smallest absolute Gasteiger partial charge is 0.343 e. The van der Waals surface area contributed by atoms with E-state index in [1.807, 2.05) is 0 Å². The molecule has 0 aromatic heterocycles. The molecule has 0 amide bonds. The van der Waals surface area contributed by atoms with Crippen molar-refractivity contribution in [3.8, 4) is 190 Å². The molecule has 11 aromatic carbocycles. The Morgan fingerprint density at radius 2 is 0.346 bits per heavy atom. The fourth-order valence-electron chi connectivity index (χ4n) is 11.8. The maximum atomic E-state index is 15.4. The molecule has 688 valence electrons. The second-order valence-electron chi connectivity index (χ2n) is 27.4. The quantitative estimate of drug-likeness (QED) is 0.0163. The Bertz CT molecular complexity index is 6650. The van der Waals surface area contributed by atoms with Crippen molar-refractivity contribution in [3.63, 3.8) is 0 Å². The van der Waals surface area contributed by atoms with Gasteiger partial charge in [-0.2, -0.15) is 0 Å². The van der Waals surface area contributed by atoms with Gasteiger partial charge < -0.3 is 195 Å². The Labute approximate surface area is 732 Å². The molecule has 0 unspecified atom stereocenters. The SMILES string of the molecule is O=C(OC[C@H]1O[C@@H](OC(=O)c2cc(O)c(O)c(OC(=O)c3cc(O)c(O)c(O)c3)c2)[C@H](OC(=O)c2cc(O)c(O)c(OC(=O)c3cc(O)c(O)c(O)c3)c2)[C@@H](OC(=O)c2cc(O)c(O)c(OC(=O)c3cc(O)c(O)c(O)c3)c2)[C@@H]1OC(=O)c1cc(O)c(O)c(OC(=O)c2cc(O)c(O)c(OC(=O)c3cc(O)c(O)c(O)c3)c2)c1)c1cc(O)c(O)c(OC(=O)c2cc(O)c(O)c(O)c2)c1. The Balaban J connectivity index is 1.02. The third-order valence-electron chi connectivity index (χ3n) is 18.4. The average molecular weight is 1850 g/mol. The molecule has 1 heterocycles. The van der Waals surface area contributed by atoms with Crippen molar-refractivity contribution in [1.29, 1.82) is 0 Å². The molecule has 1 saturated heterocycles. The van der Waals surface area contributed by atoms with Crippen LogP contribution in [0.25, 0.3) is 0 Å². The number of ether oxygens (including phenoxy) is 12. The Kier molecular flexibility index (Phi) is 25.3. The van der Waals surface area contributed by atoms with E-state index >= 15 is 19.2 Å². The first-order valence-corrected chi connectivity index (χ1v) is 36.1. The molecule has 11 aromatic rings. The van der Waals surface area contributed by atoms with Gasteiger partial charge in [0.15, 0.2) is 167 Å². The predicted octanol–water partition coefficient (Wildman–Crippen LogP) is 5.47. The molecule has 1 fully saturated rings. The number of aromatic hydroxyl groups is 27. The fourth-order valence-corrected chi connectivity index (χ4v) is 11.8. The van der Waals surface area contributed by atoms with E-state index in [0.717, 1.165) is 0 Å². The zero-order valence-corrected chi connectivity index (χ0v) is 65.3. The second-order valence-corrected chi connectivity index (χ2v) is 27.4. The van der Waals surface area contributed by atoms with E-state index in [2.05, 4.69) is 0 Å². The van der Waals surface area contributed by atoms with Gasteiger partial charge in [-0.3, -0.25) is 0 Å². The first-order chi connectivity index (χ1) is 62.5. The topological polar surface area (TPSA) is 845 Å². The van der Waals surface area contributed by atoms with E-state index in [9.17, 15) is 171 Å². The van der Waals surface area contributed by atoms with Gasteiger partial charge >= 0.3 is 65.7 Å². The first kappa shape index (κ1) is 92.3. The lowest BCUT2D eigenvalue weighted by Gasteiger charge is -2.43. The summed E-state index contributed by atoms with van der Waals surface area (Å²) in [6.45, 7) is -1.76. The molecule has 12 rings (SSSR count). The predicted molar refractivity (Wildman–Crippen MR) is 418 cm³/mol. The first-order valence-electron chi connectivity index (χ1n) is 36.1. The van der Waals surface area contributed by atoms with Gasteiger partial charge in [0, 0.05) is 0 Å². The summed E-state index contributed by atoms with van der Waals surface area (Å²) in [5.74, 6) is -62.4. The minimum Gasteiger partial charge on any atom is -0.504 e. The van der Waals surface area contributed by atoms with E-state index in [1.54, 1.807) is 0 Å². The normalized spacial score (nSPS) is 14.3. The lowest BCUT2D eigenvalue weighted by Crippen LogP contribution is -2.63. The van der Waals surface area contributed by atoms with Gasteiger partial charge in [0.1, 0.15) is 12.7 Å². The van der Waals surface area contributed by atoms with Crippen LogP contribution in [0.3, 0.4) is 0 Å². The molecular formula is C83H56O50. The summed E-state index contributed by atoms with van der Waals surface area (Å²) in [5, 5.41) is 284. The maximum Gasteiger partial charge on any atom is 0.343 e. The summed E-state index contributed by atoms with van der Waals surface area (Å²) in [4.78, 5) is 157. The Hall–Kier alpha value is -19.8. The summed E-state index contributed by atoms with van der Waals surface area (Å²) in [5.41, 5.74) is -11.1. The number of rotatable bonds is 23. The van der Waals surface area contributed by atoms with Crippen molar-refractivity contribution < 1.29 is 247 Å². The highest BCUT2D eigenvalue weighted by Crippen LogP contribution is 2.49. The minimum absolute atomic E-state index is 0.267. The van der Waals surface area contributed by atoms with E-state index in [4.69, 9.17) is 56.8 Å². The molecule has 133 heavy (non-hydrogen) atoms. The third kappa shape index (κ3) is 19.4. The summed E-state index contributed by atoms with van der Waals surface area (Å²) in [6, 6.07) is 9.10. The highest BCUT2D eigenvalue weighted by atomic mass is 16.8. The number of carbonyl (C=O) groups excluding carboxylic acids is 11. The van der Waals surface area contributed by atoms with Crippen molar-refractivity contribution in [2.45, 2.75) is 30.7 Å². The van der Waals surface area contributed by atoms with Crippen LogP contribution < -0.4 is 28.4 Å². The summed E-state index contributed by atoms with van der Waals surface area (Å²) in [6.07, 6.45) is -15.4. The van der Waals surface area contributed by atoms with Crippen LogP contribution in [0, 0.1) is 0 Å². The van der Waals surface area contributed by atoms with E-state index < -0.39 is 354 Å². The van der Waals surface area contributed by atoms with Gasteiger partial charge in [0.05, 0.1) is 61.2 Å². The van der Waals surface area contributed by atoms with Gasteiger partial charge in [0.2, 0.25) is 46.9 Å². The number of phenols is 27. The van der Waals surface area contributed by atoms with Crippen LogP contribution >= 0.6 is 0 Å². The van der Waals surface area contributed by atoms with Crippen molar-refractivity contribution in [2.75, 3.05) is 6.61 Å². The van der Waals surface area contributed by atoms with Crippen LogP contribution in [0.4, 0.5) is 0 Å². The van der Waals surface area contributed by atoms with Crippen molar-refractivity contribution in [2.24, 2.45) is 0 Å². The van der Waals surface area contributed by atoms with Crippen LogP contribution in [0.15, 0.2) is 133 Å². The number of hydrogen-bond acceptors (Lipinski definition) is 50. The number of benzene rings is 11. The van der Waals surface area contributed by atoms with Gasteiger partial charge in [-0.15, -0.1) is 0 Å². The monoisotopic (exact) mass is 1850 g/mol. The molecule has 50 nitrogen and oxygen atoms in total. The second kappa shape index (κ2) is 36.4. The molecule has 27 N–H and O–H groups in total. The molecular weight excluding hydrogens is 1800 g/mol. The average Bonchev–Trinajstić information content (AvgIpc) is 0.761. The van der Waals surface area contributed by atoms with Gasteiger partial charge in [-0.25, -0.2) is 52.7 Å². The molecule has 0 radical (unpaired) electrons. The zero-order chi connectivity index (χ0) is 97.4. The third-order valence-corrected chi connectivity index (χ3v) is 18.4. The number of hydrogen-bond donors (Lipinski definition) is 27. The van der Waals surface area contributed by atoms with Crippen LogP contribution in [0.2, 0.25) is 0 Å². The molecule has 0 aliphatic carbocycles. The van der Waals surface area contributed by atoms with Crippen LogP contribution in [0.1, 0.15) is 114 Å². The largest absolute Gasteiger partial charge is 0.504 e. The molecule has 5 atom stereocenters. The molecule has 0 saturated carbocycles. The summed E-state index contributed by atoms with van der Waals surface area (Å²) >= 11 is 0. The van der Waals surface area contributed by atoms with Crippen LogP contribution in [0.5, 0.6) is 190 Å². The molecule has 1 aliphatic heterocycles.